The number of carbonyl (C=O) groups excluding carboxylic acids is 2. The first-order valence-corrected chi connectivity index (χ1v) is 7.59. The molecule has 7 nitrogen and oxygen atoms in total. The van der Waals surface area contributed by atoms with E-state index in [0.717, 1.165) is 0 Å². The third kappa shape index (κ3) is 3.39. The largest absolute Gasteiger partial charge is 0.366 e. The monoisotopic (exact) mass is 318 g/mol. The van der Waals surface area contributed by atoms with Crippen LogP contribution in [0.25, 0.3) is 0 Å². The number of pyridine rings is 1. The van der Waals surface area contributed by atoms with Crippen LogP contribution in [0.1, 0.15) is 50.7 Å². The van der Waals surface area contributed by atoms with Crippen LogP contribution >= 0.6 is 0 Å². The summed E-state index contributed by atoms with van der Waals surface area (Å²) >= 11 is 0. The van der Waals surface area contributed by atoms with Gasteiger partial charge in [0.15, 0.2) is 5.84 Å². The van der Waals surface area contributed by atoms with Crippen molar-refractivity contribution in [2.45, 2.75) is 46.2 Å². The molecule has 1 aromatic heterocycles. The highest BCUT2D eigenvalue weighted by molar-refractivity contribution is 6.17. The first kappa shape index (κ1) is 17.1. The zero-order valence-electron chi connectivity index (χ0n) is 14.0. The summed E-state index contributed by atoms with van der Waals surface area (Å²) in [5.74, 6) is -0.463. The van der Waals surface area contributed by atoms with Crippen molar-refractivity contribution in [3.05, 3.63) is 29.6 Å². The molecule has 0 saturated heterocycles. The van der Waals surface area contributed by atoms with Crippen LogP contribution in [0, 0.1) is 5.92 Å². The van der Waals surface area contributed by atoms with Crippen molar-refractivity contribution in [2.24, 2.45) is 10.9 Å². The molecule has 0 bridgehead atoms. The number of hydrogen-bond donors (Lipinski definition) is 2. The van der Waals surface area contributed by atoms with Gasteiger partial charge in [0, 0.05) is 12.2 Å². The van der Waals surface area contributed by atoms with Gasteiger partial charge >= 0.3 is 5.97 Å². The molecular formula is C16H22N4O3. The van der Waals surface area contributed by atoms with E-state index in [-0.39, 0.29) is 23.4 Å². The molecule has 0 saturated carbocycles. The van der Waals surface area contributed by atoms with E-state index in [1.165, 1.54) is 0 Å². The number of rotatable bonds is 5. The number of hydrogen-bond acceptors (Lipinski definition) is 6. The van der Waals surface area contributed by atoms with E-state index < -0.39 is 11.5 Å². The predicted molar refractivity (Wildman–Crippen MR) is 85.8 cm³/mol. The summed E-state index contributed by atoms with van der Waals surface area (Å²) in [5, 5.41) is 2.72. The molecule has 2 N–H and O–H groups in total. The maximum absolute atomic E-state index is 12.2. The van der Waals surface area contributed by atoms with E-state index in [1.54, 1.807) is 25.3 Å². The second-order valence-corrected chi connectivity index (χ2v) is 6.28. The Hall–Kier alpha value is -2.28. The van der Waals surface area contributed by atoms with Gasteiger partial charge in [-0.25, -0.2) is 9.79 Å². The number of amidine groups is 1. The first-order chi connectivity index (χ1) is 10.8. The molecule has 0 aliphatic carbocycles. The van der Waals surface area contributed by atoms with Crippen molar-refractivity contribution in [1.29, 1.82) is 0 Å². The molecule has 1 aromatic rings. The highest BCUT2D eigenvalue weighted by atomic mass is 16.7. The predicted octanol–water partition coefficient (Wildman–Crippen LogP) is 1.44. The topological polar surface area (TPSA) is 92.7 Å². The molecule has 1 unspecified atom stereocenters. The van der Waals surface area contributed by atoms with Crippen LogP contribution in [0.5, 0.6) is 0 Å². The molecule has 1 atom stereocenters. The molecule has 2 heterocycles. The minimum absolute atomic E-state index is 0.00757. The Morgan fingerprint density at radius 2 is 2.04 bits per heavy atom. The molecule has 1 aliphatic rings. The molecule has 0 fully saturated rings. The lowest BCUT2D eigenvalue weighted by atomic mass is 9.89. The van der Waals surface area contributed by atoms with Crippen molar-refractivity contribution in [2.75, 3.05) is 0 Å². The van der Waals surface area contributed by atoms with Crippen molar-refractivity contribution < 1.29 is 14.4 Å². The normalized spacial score (nSPS) is 20.7. The van der Waals surface area contributed by atoms with Gasteiger partial charge < -0.3 is 10.2 Å². The Morgan fingerprint density at radius 1 is 1.35 bits per heavy atom. The molecule has 1 amide bonds. The van der Waals surface area contributed by atoms with Gasteiger partial charge in [0.1, 0.15) is 11.2 Å². The summed E-state index contributed by atoms with van der Waals surface area (Å²) in [6.07, 6.45) is 1.54. The third-order valence-electron chi connectivity index (χ3n) is 3.80. The van der Waals surface area contributed by atoms with Crippen LogP contribution in [0.15, 0.2) is 23.3 Å². The highest BCUT2D eigenvalue weighted by Gasteiger charge is 2.43. The van der Waals surface area contributed by atoms with E-state index in [9.17, 15) is 9.59 Å². The molecule has 0 radical (unpaired) electrons. The number of nitrogens with one attached hydrogen (secondary N) is 2. The highest BCUT2D eigenvalue weighted by Crippen LogP contribution is 2.27. The van der Waals surface area contributed by atoms with Crippen LogP contribution in [0.4, 0.5) is 0 Å². The van der Waals surface area contributed by atoms with Crippen LogP contribution < -0.4 is 10.8 Å². The van der Waals surface area contributed by atoms with E-state index in [0.29, 0.717) is 11.5 Å². The van der Waals surface area contributed by atoms with E-state index >= 15 is 0 Å². The van der Waals surface area contributed by atoms with Gasteiger partial charge in [-0.3, -0.25) is 9.78 Å². The second kappa shape index (κ2) is 6.45. The summed E-state index contributed by atoms with van der Waals surface area (Å²) in [5.41, 5.74) is 2.28. The molecule has 23 heavy (non-hydrogen) atoms. The second-order valence-electron chi connectivity index (χ2n) is 6.28. The number of aliphatic imine (C=N–C) groups is 1. The molecule has 7 heteroatoms. The SMILES string of the molecule is CC(C)NOC(=O)c1cccnc1C1=NC(C)(C(C)C)C(=O)N1. The fourth-order valence-electron chi connectivity index (χ4n) is 2.03. The van der Waals surface area contributed by atoms with Gasteiger partial charge in [0.05, 0.1) is 5.56 Å². The minimum atomic E-state index is -0.871. The van der Waals surface area contributed by atoms with Gasteiger partial charge in [0.25, 0.3) is 5.91 Å². The summed E-state index contributed by atoms with van der Waals surface area (Å²) in [6, 6.07) is 3.22. The Balaban J connectivity index is 2.35. The Labute approximate surface area is 135 Å². The number of carbonyl (C=O) groups is 2. The van der Waals surface area contributed by atoms with Crippen LogP contribution in [0.2, 0.25) is 0 Å². The lowest BCUT2D eigenvalue weighted by molar-refractivity contribution is -0.124. The fraction of sp³-hybridized carbons (Fsp3) is 0.500. The van der Waals surface area contributed by atoms with Gasteiger partial charge in [-0.05, 0) is 38.8 Å². The minimum Gasteiger partial charge on any atom is -0.366 e. The summed E-state index contributed by atoms with van der Waals surface area (Å²) in [6.45, 7) is 9.32. The molecule has 0 spiro atoms. The smallest absolute Gasteiger partial charge is 0.359 e. The Morgan fingerprint density at radius 3 is 2.61 bits per heavy atom. The van der Waals surface area contributed by atoms with Crippen LogP contribution in [0.3, 0.4) is 0 Å². The average molecular weight is 318 g/mol. The van der Waals surface area contributed by atoms with Gasteiger partial charge in [-0.2, -0.15) is 5.48 Å². The molecule has 1 aliphatic heterocycles. The Kier molecular flexibility index (Phi) is 4.79. The third-order valence-corrected chi connectivity index (χ3v) is 3.80. The molecule has 2 rings (SSSR count). The number of aromatic nitrogens is 1. The number of hydroxylamine groups is 1. The summed E-state index contributed by atoms with van der Waals surface area (Å²) in [7, 11) is 0. The van der Waals surface area contributed by atoms with Gasteiger partial charge in [-0.15, -0.1) is 0 Å². The molecule has 0 aromatic carbocycles. The fourth-order valence-corrected chi connectivity index (χ4v) is 2.03. The van der Waals surface area contributed by atoms with Crippen LogP contribution in [-0.4, -0.2) is 34.3 Å². The first-order valence-electron chi connectivity index (χ1n) is 7.59. The van der Waals surface area contributed by atoms with Crippen molar-refractivity contribution >= 4 is 17.7 Å². The molecular weight excluding hydrogens is 296 g/mol. The number of nitrogens with zero attached hydrogens (tertiary/aromatic N) is 2. The van der Waals surface area contributed by atoms with E-state index in [4.69, 9.17) is 4.84 Å². The number of amides is 1. The molecule has 124 valence electrons. The quantitative estimate of drug-likeness (QED) is 0.802. The Bertz CT molecular complexity index is 654. The van der Waals surface area contributed by atoms with Gasteiger partial charge in [0.2, 0.25) is 0 Å². The zero-order valence-corrected chi connectivity index (χ0v) is 14.0. The average Bonchev–Trinajstić information content (AvgIpc) is 2.81. The lowest BCUT2D eigenvalue weighted by Crippen LogP contribution is -2.41. The standard InChI is InChI=1S/C16H22N4O3/c1-9(2)16(5)15(22)18-13(19-16)12-11(7-6-8-17-12)14(21)23-20-10(3)4/h6-10,20H,1-5H3,(H,18,19,22). The zero-order chi connectivity index (χ0) is 17.2. The lowest BCUT2D eigenvalue weighted by Gasteiger charge is -2.21. The van der Waals surface area contributed by atoms with Crippen molar-refractivity contribution in [3.63, 3.8) is 0 Å². The van der Waals surface area contributed by atoms with E-state index in [2.05, 4.69) is 20.8 Å². The van der Waals surface area contributed by atoms with Crippen LogP contribution in [-0.2, 0) is 9.63 Å². The van der Waals surface area contributed by atoms with Crippen molar-refractivity contribution in [3.8, 4) is 0 Å². The van der Waals surface area contributed by atoms with Crippen molar-refractivity contribution in [1.82, 2.24) is 15.8 Å². The van der Waals surface area contributed by atoms with E-state index in [1.807, 2.05) is 27.7 Å². The summed E-state index contributed by atoms with van der Waals surface area (Å²) in [4.78, 5) is 38.1. The summed E-state index contributed by atoms with van der Waals surface area (Å²) < 4.78 is 0. The van der Waals surface area contributed by atoms with Gasteiger partial charge in [-0.1, -0.05) is 13.8 Å². The maximum atomic E-state index is 12.2. The maximum Gasteiger partial charge on any atom is 0.359 e.